The number of carbonyl (C=O) groups is 1. The van der Waals surface area contributed by atoms with Gasteiger partial charge in [-0.05, 0) is 61.4 Å². The molecule has 174 valence electrons. The van der Waals surface area contributed by atoms with Gasteiger partial charge in [0.2, 0.25) is 10.0 Å². The van der Waals surface area contributed by atoms with Crippen molar-refractivity contribution in [3.8, 4) is 5.75 Å². The monoisotopic (exact) mass is 472 g/mol. The van der Waals surface area contributed by atoms with E-state index < -0.39 is 28.4 Å². The molecule has 1 N–H and O–H groups in total. The van der Waals surface area contributed by atoms with Crippen LogP contribution in [0.15, 0.2) is 47.4 Å². The third kappa shape index (κ3) is 5.71. The lowest BCUT2D eigenvalue weighted by molar-refractivity contribution is -0.274. The number of ether oxygens (including phenoxy) is 1. The van der Waals surface area contributed by atoms with E-state index in [0.29, 0.717) is 29.9 Å². The molecule has 0 spiro atoms. The first-order valence-electron chi connectivity index (χ1n) is 9.80. The molecule has 7 nitrogen and oxygen atoms in total. The maximum atomic E-state index is 13.2. The highest BCUT2D eigenvalue weighted by atomic mass is 32.2. The van der Waals surface area contributed by atoms with E-state index in [0.717, 1.165) is 0 Å². The number of benzene rings is 2. The molecule has 0 amide bonds. The van der Waals surface area contributed by atoms with Gasteiger partial charge >= 0.3 is 12.3 Å². The standard InChI is InChI=1S/C21H23F3N2O5S/c1-14-9-16(12-20(27)28)11-19(10-14)32(29,30)26-8-7-25(13-15(26)2)17-3-5-18(6-4-17)31-21(22,23)24/h3-6,9-11,15H,7-8,12-13H2,1-2H3,(H,27,28). The summed E-state index contributed by atoms with van der Waals surface area (Å²) < 4.78 is 68.7. The number of aliphatic carboxylic acids is 1. The number of anilines is 1. The molecular weight excluding hydrogens is 449 g/mol. The van der Waals surface area contributed by atoms with Gasteiger partial charge in [0.15, 0.2) is 0 Å². The van der Waals surface area contributed by atoms with Crippen LogP contribution in [-0.2, 0) is 21.2 Å². The molecule has 2 aromatic carbocycles. The maximum Gasteiger partial charge on any atom is 0.573 e. The second-order valence-electron chi connectivity index (χ2n) is 7.68. The fourth-order valence-corrected chi connectivity index (χ4v) is 5.55. The van der Waals surface area contributed by atoms with Crippen molar-refractivity contribution in [3.05, 3.63) is 53.6 Å². The van der Waals surface area contributed by atoms with Crippen LogP contribution in [0.3, 0.4) is 0 Å². The second-order valence-corrected chi connectivity index (χ2v) is 9.57. The molecule has 1 aliphatic heterocycles. The molecule has 1 saturated heterocycles. The summed E-state index contributed by atoms with van der Waals surface area (Å²) >= 11 is 0. The number of alkyl halides is 3. The lowest BCUT2D eigenvalue weighted by atomic mass is 10.1. The van der Waals surface area contributed by atoms with Crippen molar-refractivity contribution in [2.75, 3.05) is 24.5 Å². The number of carboxylic acid groups (broad SMARTS) is 1. The number of hydrogen-bond donors (Lipinski definition) is 1. The number of piperazine rings is 1. The van der Waals surface area contributed by atoms with Gasteiger partial charge in [-0.1, -0.05) is 6.07 Å². The first kappa shape index (κ1) is 23.9. The van der Waals surface area contributed by atoms with Crippen LogP contribution in [0, 0.1) is 6.92 Å². The number of sulfonamides is 1. The van der Waals surface area contributed by atoms with Gasteiger partial charge in [0, 0.05) is 31.4 Å². The van der Waals surface area contributed by atoms with Crippen molar-refractivity contribution in [1.29, 1.82) is 0 Å². The normalized spacial score (nSPS) is 17.9. The summed E-state index contributed by atoms with van der Waals surface area (Å²) in [5, 5.41) is 9.02. The predicted octanol–water partition coefficient (Wildman–Crippen LogP) is 3.42. The van der Waals surface area contributed by atoms with Crippen molar-refractivity contribution in [2.24, 2.45) is 0 Å². The maximum absolute atomic E-state index is 13.2. The Kier molecular flexibility index (Phi) is 6.70. The van der Waals surface area contributed by atoms with Gasteiger partial charge in [0.05, 0.1) is 11.3 Å². The Morgan fingerprint density at radius 1 is 1.16 bits per heavy atom. The van der Waals surface area contributed by atoms with Gasteiger partial charge in [-0.3, -0.25) is 4.79 Å². The van der Waals surface area contributed by atoms with E-state index in [-0.39, 0.29) is 23.6 Å². The minimum Gasteiger partial charge on any atom is -0.481 e. The molecule has 1 heterocycles. The summed E-state index contributed by atoms with van der Waals surface area (Å²) in [6.45, 7) is 4.31. The highest BCUT2D eigenvalue weighted by Crippen LogP contribution is 2.28. The van der Waals surface area contributed by atoms with Crippen molar-refractivity contribution in [2.45, 2.75) is 37.6 Å². The van der Waals surface area contributed by atoms with E-state index in [1.807, 2.05) is 4.90 Å². The molecule has 2 aromatic rings. The van der Waals surface area contributed by atoms with E-state index in [9.17, 15) is 26.4 Å². The van der Waals surface area contributed by atoms with Gasteiger partial charge < -0.3 is 14.7 Å². The van der Waals surface area contributed by atoms with Crippen LogP contribution < -0.4 is 9.64 Å². The van der Waals surface area contributed by atoms with E-state index in [1.165, 1.54) is 40.7 Å². The Labute approximate surface area is 184 Å². The van der Waals surface area contributed by atoms with Gasteiger partial charge in [-0.25, -0.2) is 8.42 Å². The molecule has 1 unspecified atom stereocenters. The quantitative estimate of drug-likeness (QED) is 0.693. The molecule has 0 saturated carbocycles. The second kappa shape index (κ2) is 8.99. The number of rotatable bonds is 6. The van der Waals surface area contributed by atoms with Crippen molar-refractivity contribution in [1.82, 2.24) is 4.31 Å². The lowest BCUT2D eigenvalue weighted by Crippen LogP contribution is -2.54. The highest BCUT2D eigenvalue weighted by Gasteiger charge is 2.34. The molecule has 0 aromatic heterocycles. The fourth-order valence-electron chi connectivity index (χ4n) is 3.78. The molecule has 0 aliphatic carbocycles. The average molecular weight is 472 g/mol. The summed E-state index contributed by atoms with van der Waals surface area (Å²) in [7, 11) is -3.86. The van der Waals surface area contributed by atoms with Crippen LogP contribution >= 0.6 is 0 Å². The summed E-state index contributed by atoms with van der Waals surface area (Å²) in [5.41, 5.74) is 1.71. The average Bonchev–Trinajstić information content (AvgIpc) is 2.66. The number of hydrogen-bond acceptors (Lipinski definition) is 5. The number of halogens is 3. The SMILES string of the molecule is Cc1cc(CC(=O)O)cc(S(=O)(=O)N2CCN(c3ccc(OC(F)(F)F)cc3)CC2C)c1. The summed E-state index contributed by atoms with van der Waals surface area (Å²) in [4.78, 5) is 13.0. The zero-order chi connectivity index (χ0) is 23.7. The third-order valence-electron chi connectivity index (χ3n) is 5.07. The third-order valence-corrected chi connectivity index (χ3v) is 7.07. The first-order valence-corrected chi connectivity index (χ1v) is 11.2. The molecule has 1 fully saturated rings. The molecular formula is C21H23F3N2O5S. The molecule has 1 aliphatic rings. The molecule has 32 heavy (non-hydrogen) atoms. The molecule has 0 radical (unpaired) electrons. The fraction of sp³-hybridized carbons (Fsp3) is 0.381. The summed E-state index contributed by atoms with van der Waals surface area (Å²) in [6.07, 6.45) is -5.04. The topological polar surface area (TPSA) is 87.1 Å². The molecule has 1 atom stereocenters. The van der Waals surface area contributed by atoms with Crippen LogP contribution in [-0.4, -0.2) is 55.8 Å². The lowest BCUT2D eigenvalue weighted by Gasteiger charge is -2.40. The Hall–Kier alpha value is -2.79. The van der Waals surface area contributed by atoms with Crippen LogP contribution in [0.2, 0.25) is 0 Å². The van der Waals surface area contributed by atoms with Gasteiger partial charge in [-0.2, -0.15) is 4.31 Å². The minimum atomic E-state index is -4.77. The van der Waals surface area contributed by atoms with E-state index >= 15 is 0 Å². The molecule has 3 rings (SSSR count). The number of aryl methyl sites for hydroxylation is 1. The molecule has 11 heteroatoms. The Balaban J connectivity index is 1.75. The van der Waals surface area contributed by atoms with Crippen molar-refractivity contribution in [3.63, 3.8) is 0 Å². The largest absolute Gasteiger partial charge is 0.573 e. The minimum absolute atomic E-state index is 0.0442. The number of nitrogens with zero attached hydrogens (tertiary/aromatic N) is 2. The zero-order valence-electron chi connectivity index (χ0n) is 17.5. The summed E-state index contributed by atoms with van der Waals surface area (Å²) in [5.74, 6) is -1.38. The Bertz CT molecular complexity index is 1090. The van der Waals surface area contributed by atoms with E-state index in [2.05, 4.69) is 4.74 Å². The first-order chi connectivity index (χ1) is 14.8. The van der Waals surface area contributed by atoms with Gasteiger partial charge in [0.25, 0.3) is 0 Å². The molecule has 0 bridgehead atoms. The van der Waals surface area contributed by atoms with Crippen LogP contribution in [0.25, 0.3) is 0 Å². The number of carboxylic acids is 1. The predicted molar refractivity (Wildman–Crippen MR) is 111 cm³/mol. The van der Waals surface area contributed by atoms with E-state index in [1.54, 1.807) is 19.9 Å². The van der Waals surface area contributed by atoms with Crippen LogP contribution in [0.5, 0.6) is 5.75 Å². The van der Waals surface area contributed by atoms with Crippen molar-refractivity contribution < 1.29 is 36.2 Å². The van der Waals surface area contributed by atoms with Gasteiger partial charge in [-0.15, -0.1) is 13.2 Å². The van der Waals surface area contributed by atoms with Gasteiger partial charge in [0.1, 0.15) is 5.75 Å². The smallest absolute Gasteiger partial charge is 0.481 e. The van der Waals surface area contributed by atoms with Crippen molar-refractivity contribution >= 4 is 21.7 Å². The highest BCUT2D eigenvalue weighted by molar-refractivity contribution is 7.89. The van der Waals surface area contributed by atoms with Crippen LogP contribution in [0.1, 0.15) is 18.1 Å². The van der Waals surface area contributed by atoms with Crippen LogP contribution in [0.4, 0.5) is 18.9 Å². The van der Waals surface area contributed by atoms with E-state index in [4.69, 9.17) is 5.11 Å². The zero-order valence-corrected chi connectivity index (χ0v) is 18.3. The Morgan fingerprint density at radius 3 is 2.38 bits per heavy atom. The Morgan fingerprint density at radius 2 is 1.81 bits per heavy atom. The summed E-state index contributed by atoms with van der Waals surface area (Å²) in [6, 6.07) is 9.55.